The fourth-order valence-corrected chi connectivity index (χ4v) is 2.71. The van der Waals surface area contributed by atoms with Crippen LogP contribution in [0.2, 0.25) is 0 Å². The third-order valence-electron chi connectivity index (χ3n) is 2.89. The highest BCUT2D eigenvalue weighted by atomic mass is 32.1. The molecule has 1 aromatic rings. The Morgan fingerprint density at radius 3 is 3.00 bits per heavy atom. The van der Waals surface area contributed by atoms with Gasteiger partial charge in [-0.05, 0) is 19.3 Å². The Morgan fingerprint density at radius 2 is 2.47 bits per heavy atom. The van der Waals surface area contributed by atoms with Crippen LogP contribution in [0.15, 0.2) is 23.7 Å². The maximum atomic E-state index is 11.3. The van der Waals surface area contributed by atoms with E-state index in [1.807, 2.05) is 11.5 Å². The molecule has 1 aliphatic rings. The van der Waals surface area contributed by atoms with Crippen molar-refractivity contribution in [2.75, 3.05) is 0 Å². The van der Waals surface area contributed by atoms with Crippen LogP contribution in [0.25, 0.3) is 0 Å². The van der Waals surface area contributed by atoms with E-state index in [1.165, 1.54) is 11.3 Å². The summed E-state index contributed by atoms with van der Waals surface area (Å²) in [6, 6.07) is 0. The molecule has 0 aromatic carbocycles. The highest BCUT2D eigenvalue weighted by Gasteiger charge is 2.38. The van der Waals surface area contributed by atoms with Crippen LogP contribution in [0.1, 0.15) is 24.3 Å². The van der Waals surface area contributed by atoms with Crippen molar-refractivity contribution >= 4 is 17.3 Å². The van der Waals surface area contributed by atoms with E-state index in [0.29, 0.717) is 12.8 Å². The van der Waals surface area contributed by atoms with Crippen LogP contribution in [0.5, 0.6) is 0 Å². The largest absolute Gasteiger partial charge is 0.481 e. The highest BCUT2D eigenvalue weighted by Crippen LogP contribution is 2.36. The molecule has 0 aliphatic heterocycles. The van der Waals surface area contributed by atoms with Crippen LogP contribution in [-0.4, -0.2) is 16.1 Å². The molecular formula is C11H13NO2S. The second-order valence-electron chi connectivity index (χ2n) is 3.90. The molecule has 80 valence electrons. The number of aromatic nitrogens is 1. The fourth-order valence-electron chi connectivity index (χ4n) is 1.95. The molecule has 1 aliphatic carbocycles. The van der Waals surface area contributed by atoms with E-state index in [2.05, 4.69) is 11.1 Å². The maximum Gasteiger partial charge on any atom is 0.310 e. The number of carbonyl (C=O) groups is 1. The van der Waals surface area contributed by atoms with Crippen molar-refractivity contribution in [3.8, 4) is 0 Å². The first kappa shape index (κ1) is 10.4. The molecule has 0 amide bonds. The van der Waals surface area contributed by atoms with E-state index in [0.717, 1.165) is 17.8 Å². The van der Waals surface area contributed by atoms with Crippen molar-refractivity contribution in [1.82, 2.24) is 4.98 Å². The minimum atomic E-state index is -0.693. The first-order valence-corrected chi connectivity index (χ1v) is 5.88. The second-order valence-corrected chi connectivity index (χ2v) is 4.88. The Balaban J connectivity index is 2.20. The van der Waals surface area contributed by atoms with Gasteiger partial charge in [0.05, 0.1) is 10.4 Å². The molecule has 0 saturated heterocycles. The van der Waals surface area contributed by atoms with Gasteiger partial charge in [-0.1, -0.05) is 12.2 Å². The van der Waals surface area contributed by atoms with Gasteiger partial charge in [0.1, 0.15) is 0 Å². The quantitative estimate of drug-likeness (QED) is 0.801. The molecule has 1 aromatic heterocycles. The second kappa shape index (κ2) is 4.14. The molecule has 3 nitrogen and oxygen atoms in total. The Labute approximate surface area is 92.5 Å². The number of hydrogen-bond acceptors (Lipinski definition) is 3. The molecule has 0 radical (unpaired) electrons. The summed E-state index contributed by atoms with van der Waals surface area (Å²) in [5, 5.41) is 12.1. The number of thiazole rings is 1. The molecule has 0 bridgehead atoms. The third-order valence-corrected chi connectivity index (χ3v) is 3.67. The first-order chi connectivity index (χ1) is 7.23. The fraction of sp³-hybridized carbons (Fsp3) is 0.455. The van der Waals surface area contributed by atoms with Crippen molar-refractivity contribution in [1.29, 1.82) is 0 Å². The van der Waals surface area contributed by atoms with Crippen molar-refractivity contribution in [3.05, 3.63) is 28.7 Å². The third kappa shape index (κ3) is 2.09. The highest BCUT2D eigenvalue weighted by molar-refractivity contribution is 7.09. The molecule has 1 atom stereocenters. The van der Waals surface area contributed by atoms with Crippen molar-refractivity contribution in [2.24, 2.45) is 5.41 Å². The molecule has 0 spiro atoms. The van der Waals surface area contributed by atoms with E-state index in [-0.39, 0.29) is 0 Å². The number of aliphatic carboxylic acids is 1. The normalized spacial score (nSPS) is 25.3. The maximum absolute atomic E-state index is 11.3. The van der Waals surface area contributed by atoms with Crippen molar-refractivity contribution < 1.29 is 9.90 Å². The molecule has 1 unspecified atom stereocenters. The number of nitrogens with zero attached hydrogens (tertiary/aromatic N) is 1. The number of carboxylic acids is 1. The minimum Gasteiger partial charge on any atom is -0.481 e. The van der Waals surface area contributed by atoms with Crippen LogP contribution < -0.4 is 0 Å². The number of hydrogen-bond donors (Lipinski definition) is 1. The predicted octanol–water partition coefficient (Wildman–Crippen LogP) is 2.50. The van der Waals surface area contributed by atoms with E-state index in [1.54, 1.807) is 6.20 Å². The standard InChI is InChI=1S/C11H13NO2S/c13-10(14)11(4-2-1-3-5-11)8-9-12-6-7-15-9/h1-2,6-7H,3-5,8H2,(H,13,14). The zero-order valence-electron chi connectivity index (χ0n) is 8.35. The number of rotatable bonds is 3. The lowest BCUT2D eigenvalue weighted by Crippen LogP contribution is -2.34. The van der Waals surface area contributed by atoms with E-state index < -0.39 is 11.4 Å². The van der Waals surface area contributed by atoms with Gasteiger partial charge < -0.3 is 5.11 Å². The van der Waals surface area contributed by atoms with Gasteiger partial charge in [0, 0.05) is 18.0 Å². The van der Waals surface area contributed by atoms with Gasteiger partial charge in [-0.15, -0.1) is 11.3 Å². The topological polar surface area (TPSA) is 50.2 Å². The lowest BCUT2D eigenvalue weighted by atomic mass is 9.75. The molecule has 1 N–H and O–H groups in total. The van der Waals surface area contributed by atoms with Crippen LogP contribution in [0.3, 0.4) is 0 Å². The minimum absolute atomic E-state index is 0.560. The summed E-state index contributed by atoms with van der Waals surface area (Å²) in [4.78, 5) is 15.5. The van der Waals surface area contributed by atoms with Crippen LogP contribution in [-0.2, 0) is 11.2 Å². The zero-order chi connectivity index (χ0) is 10.7. The van der Waals surface area contributed by atoms with Crippen LogP contribution in [0.4, 0.5) is 0 Å². The molecule has 15 heavy (non-hydrogen) atoms. The lowest BCUT2D eigenvalue weighted by Gasteiger charge is -2.29. The first-order valence-electron chi connectivity index (χ1n) is 5.00. The van der Waals surface area contributed by atoms with E-state index in [4.69, 9.17) is 0 Å². The van der Waals surface area contributed by atoms with Crippen LogP contribution >= 0.6 is 11.3 Å². The van der Waals surface area contributed by atoms with Gasteiger partial charge in [-0.3, -0.25) is 4.79 Å². The van der Waals surface area contributed by atoms with Gasteiger partial charge in [-0.2, -0.15) is 0 Å². The Kier molecular flexibility index (Phi) is 2.86. The van der Waals surface area contributed by atoms with Crippen molar-refractivity contribution in [2.45, 2.75) is 25.7 Å². The summed E-state index contributed by atoms with van der Waals surface area (Å²) in [5.41, 5.74) is -0.618. The summed E-state index contributed by atoms with van der Waals surface area (Å²) < 4.78 is 0. The summed E-state index contributed by atoms with van der Waals surface area (Å²) in [6.07, 6.45) is 8.53. The molecular weight excluding hydrogens is 210 g/mol. The number of carboxylic acid groups (broad SMARTS) is 1. The smallest absolute Gasteiger partial charge is 0.310 e. The van der Waals surface area contributed by atoms with Gasteiger partial charge in [0.25, 0.3) is 0 Å². The van der Waals surface area contributed by atoms with Crippen LogP contribution in [0, 0.1) is 5.41 Å². The van der Waals surface area contributed by atoms with E-state index >= 15 is 0 Å². The monoisotopic (exact) mass is 223 g/mol. The Morgan fingerprint density at radius 1 is 1.60 bits per heavy atom. The molecule has 2 rings (SSSR count). The summed E-state index contributed by atoms with van der Waals surface area (Å²) in [6.45, 7) is 0. The van der Waals surface area contributed by atoms with Gasteiger partial charge >= 0.3 is 5.97 Å². The van der Waals surface area contributed by atoms with E-state index in [9.17, 15) is 9.90 Å². The van der Waals surface area contributed by atoms with Crippen molar-refractivity contribution in [3.63, 3.8) is 0 Å². The zero-order valence-corrected chi connectivity index (χ0v) is 9.17. The molecule has 0 saturated carbocycles. The molecule has 0 fully saturated rings. The summed E-state index contributed by atoms with van der Waals surface area (Å²) >= 11 is 1.53. The number of allylic oxidation sites excluding steroid dienone is 2. The molecule has 1 heterocycles. The summed E-state index contributed by atoms with van der Waals surface area (Å²) in [7, 11) is 0. The van der Waals surface area contributed by atoms with Gasteiger partial charge in [0.2, 0.25) is 0 Å². The molecule has 4 heteroatoms. The average molecular weight is 223 g/mol. The summed E-state index contributed by atoms with van der Waals surface area (Å²) in [5.74, 6) is -0.693. The average Bonchev–Trinajstić information content (AvgIpc) is 2.71. The Bertz CT molecular complexity index is 372. The Hall–Kier alpha value is -1.16. The van der Waals surface area contributed by atoms with Gasteiger partial charge in [0.15, 0.2) is 0 Å². The predicted molar refractivity (Wildman–Crippen MR) is 58.9 cm³/mol. The lowest BCUT2D eigenvalue weighted by molar-refractivity contribution is -0.149. The van der Waals surface area contributed by atoms with Gasteiger partial charge in [-0.25, -0.2) is 4.98 Å². The SMILES string of the molecule is O=C(O)C1(Cc2nccs2)CC=CCC1.